The van der Waals surface area contributed by atoms with E-state index < -0.39 is 0 Å². The molecule has 0 saturated heterocycles. The first-order valence-electron chi connectivity index (χ1n) is 7.50. The lowest BCUT2D eigenvalue weighted by Crippen LogP contribution is -2.52. The van der Waals surface area contributed by atoms with Gasteiger partial charge in [-0.1, -0.05) is 19.0 Å². The number of aromatic nitrogens is 2. The Morgan fingerprint density at radius 3 is 2.77 bits per heavy atom. The first-order chi connectivity index (χ1) is 10.6. The van der Waals surface area contributed by atoms with Crippen LogP contribution in [-0.4, -0.2) is 28.1 Å². The Morgan fingerprint density at radius 2 is 2.18 bits per heavy atom. The summed E-state index contributed by atoms with van der Waals surface area (Å²) >= 11 is 0. The molecule has 0 spiro atoms. The molecule has 0 bridgehead atoms. The van der Waals surface area contributed by atoms with Crippen molar-refractivity contribution in [2.45, 2.75) is 45.1 Å². The Bertz CT molecular complexity index is 579. The molecule has 0 aliphatic rings. The van der Waals surface area contributed by atoms with Crippen LogP contribution in [0.3, 0.4) is 0 Å². The molecule has 7 nitrogen and oxygen atoms in total. The van der Waals surface area contributed by atoms with Crippen LogP contribution < -0.4 is 11.1 Å². The maximum Gasteiger partial charge on any atom is 0.238 e. The summed E-state index contributed by atoms with van der Waals surface area (Å²) in [5.74, 6) is 1.28. The molecule has 0 aliphatic carbocycles. The highest BCUT2D eigenvalue weighted by Crippen LogP contribution is 2.17. The van der Waals surface area contributed by atoms with Gasteiger partial charge in [-0.05, 0) is 25.0 Å². The summed E-state index contributed by atoms with van der Waals surface area (Å²) in [6.07, 6.45) is 3.81. The maximum absolute atomic E-state index is 12.1. The Labute approximate surface area is 129 Å². The Morgan fingerprint density at radius 1 is 1.41 bits per heavy atom. The molecule has 2 aromatic rings. The number of nitrogens with zero attached hydrogens (tertiary/aromatic N) is 2. The minimum absolute atomic E-state index is 0.0631. The smallest absolute Gasteiger partial charge is 0.238 e. The zero-order valence-electron chi connectivity index (χ0n) is 13.0. The van der Waals surface area contributed by atoms with Gasteiger partial charge in [-0.25, -0.2) is 0 Å². The number of nitrogens with two attached hydrogens (primary N) is 1. The average Bonchev–Trinajstić information content (AvgIpc) is 3.21. The fourth-order valence-electron chi connectivity index (χ4n) is 2.21. The van der Waals surface area contributed by atoms with Crippen molar-refractivity contribution in [2.24, 2.45) is 5.73 Å². The summed E-state index contributed by atoms with van der Waals surface area (Å²) in [5.41, 5.74) is 5.45. The molecule has 0 aromatic carbocycles. The van der Waals surface area contributed by atoms with Crippen LogP contribution in [0, 0.1) is 0 Å². The lowest BCUT2D eigenvalue weighted by atomic mass is 9.92. The zero-order chi connectivity index (χ0) is 16.0. The molecule has 2 heterocycles. The summed E-state index contributed by atoms with van der Waals surface area (Å²) in [6, 6.07) is 3.50. The predicted molar refractivity (Wildman–Crippen MR) is 80.8 cm³/mol. The van der Waals surface area contributed by atoms with E-state index in [4.69, 9.17) is 14.7 Å². The number of rotatable bonds is 8. The zero-order valence-corrected chi connectivity index (χ0v) is 13.0. The highest BCUT2D eigenvalue weighted by molar-refractivity contribution is 5.77. The van der Waals surface area contributed by atoms with E-state index in [2.05, 4.69) is 15.5 Å². The number of furan rings is 1. The van der Waals surface area contributed by atoms with E-state index in [9.17, 15) is 4.79 Å². The normalized spacial score (nSPS) is 11.6. The van der Waals surface area contributed by atoms with Crippen LogP contribution in [-0.2, 0) is 11.2 Å². The van der Waals surface area contributed by atoms with Gasteiger partial charge in [0.15, 0.2) is 5.76 Å². The van der Waals surface area contributed by atoms with E-state index >= 15 is 0 Å². The van der Waals surface area contributed by atoms with Crippen LogP contribution in [0.1, 0.15) is 39.0 Å². The van der Waals surface area contributed by atoms with Gasteiger partial charge in [-0.2, -0.15) is 4.98 Å². The lowest BCUT2D eigenvalue weighted by molar-refractivity contribution is -0.123. The molecular weight excluding hydrogens is 284 g/mol. The van der Waals surface area contributed by atoms with Gasteiger partial charge in [0.25, 0.3) is 0 Å². The van der Waals surface area contributed by atoms with Crippen molar-refractivity contribution in [1.29, 1.82) is 0 Å². The monoisotopic (exact) mass is 306 g/mol. The fraction of sp³-hybridized carbons (Fsp3) is 0.533. The topological polar surface area (TPSA) is 107 Å². The number of amides is 1. The van der Waals surface area contributed by atoms with Crippen molar-refractivity contribution in [3.05, 3.63) is 24.3 Å². The second-order valence-corrected chi connectivity index (χ2v) is 5.23. The van der Waals surface area contributed by atoms with Crippen LogP contribution in [0.15, 0.2) is 27.3 Å². The molecule has 120 valence electrons. The van der Waals surface area contributed by atoms with Gasteiger partial charge in [0.05, 0.1) is 11.8 Å². The molecule has 0 unspecified atom stereocenters. The summed E-state index contributed by atoms with van der Waals surface area (Å²) in [7, 11) is 0. The summed E-state index contributed by atoms with van der Waals surface area (Å²) in [6.45, 7) is 4.46. The molecule has 1 amide bonds. The van der Waals surface area contributed by atoms with Crippen molar-refractivity contribution < 1.29 is 13.7 Å². The van der Waals surface area contributed by atoms with Gasteiger partial charge < -0.3 is 20.0 Å². The van der Waals surface area contributed by atoms with Crippen molar-refractivity contribution in [1.82, 2.24) is 15.5 Å². The minimum atomic E-state index is -0.328. The van der Waals surface area contributed by atoms with Crippen LogP contribution >= 0.6 is 0 Å². The molecule has 22 heavy (non-hydrogen) atoms. The predicted octanol–water partition coefficient (Wildman–Crippen LogP) is 1.90. The third-order valence-electron chi connectivity index (χ3n) is 3.92. The van der Waals surface area contributed by atoms with E-state index in [-0.39, 0.29) is 17.9 Å². The molecule has 0 radical (unpaired) electrons. The summed E-state index contributed by atoms with van der Waals surface area (Å²) < 4.78 is 10.3. The Balaban J connectivity index is 1.89. The van der Waals surface area contributed by atoms with Gasteiger partial charge >= 0.3 is 0 Å². The maximum atomic E-state index is 12.1. The molecule has 3 N–H and O–H groups in total. The first-order valence-corrected chi connectivity index (χ1v) is 7.50. The molecule has 7 heteroatoms. The third kappa shape index (κ3) is 3.73. The second kappa shape index (κ2) is 7.22. The fourth-order valence-corrected chi connectivity index (χ4v) is 2.21. The number of aryl methyl sites for hydroxylation is 1. The van der Waals surface area contributed by atoms with E-state index in [1.807, 2.05) is 13.8 Å². The minimum Gasteiger partial charge on any atom is -0.461 e. The SMILES string of the molecule is CCC(CC)(CN)NC(=O)CCc1nc(-c2ccco2)no1. The summed E-state index contributed by atoms with van der Waals surface area (Å²) in [5, 5.41) is 6.84. The van der Waals surface area contributed by atoms with Crippen LogP contribution in [0.25, 0.3) is 11.6 Å². The van der Waals surface area contributed by atoms with Gasteiger partial charge in [0.2, 0.25) is 17.6 Å². The summed E-state index contributed by atoms with van der Waals surface area (Å²) in [4.78, 5) is 16.3. The highest BCUT2D eigenvalue weighted by Gasteiger charge is 2.26. The molecule has 2 rings (SSSR count). The van der Waals surface area contributed by atoms with Gasteiger partial charge in [-0.15, -0.1) is 0 Å². The molecule has 0 fully saturated rings. The van der Waals surface area contributed by atoms with E-state index in [0.29, 0.717) is 30.4 Å². The van der Waals surface area contributed by atoms with Crippen molar-refractivity contribution in [3.63, 3.8) is 0 Å². The number of nitrogens with one attached hydrogen (secondary N) is 1. The third-order valence-corrected chi connectivity index (χ3v) is 3.92. The number of hydrogen-bond acceptors (Lipinski definition) is 6. The van der Waals surface area contributed by atoms with Crippen LogP contribution in [0.4, 0.5) is 0 Å². The largest absolute Gasteiger partial charge is 0.461 e. The average molecular weight is 306 g/mol. The standard InChI is InChI=1S/C15H22N4O3/c1-3-15(4-2,10-16)18-12(20)7-8-13-17-14(19-22-13)11-6-5-9-21-11/h5-6,9H,3-4,7-8,10,16H2,1-2H3,(H,18,20). The van der Waals surface area contributed by atoms with Gasteiger partial charge in [-0.3, -0.25) is 4.79 Å². The van der Waals surface area contributed by atoms with Crippen molar-refractivity contribution in [2.75, 3.05) is 6.54 Å². The molecule has 2 aromatic heterocycles. The first kappa shape index (κ1) is 16.2. The van der Waals surface area contributed by atoms with Crippen LogP contribution in [0.2, 0.25) is 0 Å². The quantitative estimate of drug-likeness (QED) is 0.771. The number of carbonyl (C=O) groups is 1. The van der Waals surface area contributed by atoms with E-state index in [1.54, 1.807) is 18.4 Å². The molecule has 0 aliphatic heterocycles. The molecule has 0 saturated carbocycles. The van der Waals surface area contributed by atoms with Crippen LogP contribution in [0.5, 0.6) is 0 Å². The highest BCUT2D eigenvalue weighted by atomic mass is 16.5. The molecule has 0 atom stereocenters. The second-order valence-electron chi connectivity index (χ2n) is 5.23. The van der Waals surface area contributed by atoms with Gasteiger partial charge in [0.1, 0.15) is 0 Å². The Hall–Kier alpha value is -2.15. The van der Waals surface area contributed by atoms with Crippen molar-refractivity contribution >= 4 is 5.91 Å². The lowest BCUT2D eigenvalue weighted by Gasteiger charge is -2.31. The Kier molecular flexibility index (Phi) is 5.32. The van der Waals surface area contributed by atoms with E-state index in [0.717, 1.165) is 12.8 Å². The molecular formula is C15H22N4O3. The van der Waals surface area contributed by atoms with Gasteiger partial charge in [0, 0.05) is 19.4 Å². The number of carbonyl (C=O) groups excluding carboxylic acids is 1. The van der Waals surface area contributed by atoms with E-state index in [1.165, 1.54) is 0 Å². The van der Waals surface area contributed by atoms with Crippen molar-refractivity contribution in [3.8, 4) is 11.6 Å². The number of hydrogen-bond donors (Lipinski definition) is 2.